The zero-order valence-electron chi connectivity index (χ0n) is 10.4. The van der Waals surface area contributed by atoms with Crippen LogP contribution in [0, 0.1) is 0 Å². The first-order valence-electron chi connectivity index (χ1n) is 5.93. The molecule has 3 aromatic heterocycles. The first-order valence-corrected chi connectivity index (χ1v) is 8.67. The second kappa shape index (κ2) is 6.34. The summed E-state index contributed by atoms with van der Waals surface area (Å²) in [4.78, 5) is 21.4. The maximum atomic E-state index is 11.8. The molecule has 0 aliphatic heterocycles. The average molecular weight is 321 g/mol. The lowest BCUT2D eigenvalue weighted by Crippen LogP contribution is -2.24. The quantitative estimate of drug-likeness (QED) is 0.579. The lowest BCUT2D eigenvalue weighted by molar-refractivity contribution is -0.118. The van der Waals surface area contributed by atoms with Gasteiger partial charge in [-0.2, -0.15) is 0 Å². The second-order valence-electron chi connectivity index (χ2n) is 3.96. The Morgan fingerprint density at radius 3 is 3.05 bits per heavy atom. The van der Waals surface area contributed by atoms with Gasteiger partial charge in [0.1, 0.15) is 11.4 Å². The Balaban J connectivity index is 1.56. The third-order valence-corrected chi connectivity index (χ3v) is 5.50. The monoisotopic (exact) mass is 321 g/mol. The third-order valence-electron chi connectivity index (χ3n) is 2.59. The molecule has 0 spiro atoms. The minimum Gasteiger partial charge on any atom is -0.350 e. The largest absolute Gasteiger partial charge is 0.350 e. The van der Waals surface area contributed by atoms with Gasteiger partial charge in [-0.25, -0.2) is 9.97 Å². The van der Waals surface area contributed by atoms with Crippen LogP contribution in [-0.2, 0) is 11.3 Å². The predicted octanol–water partition coefficient (Wildman–Crippen LogP) is 3.16. The molecule has 0 aromatic carbocycles. The van der Waals surface area contributed by atoms with Crippen LogP contribution in [0.5, 0.6) is 0 Å². The number of thioether (sulfide) groups is 1. The Labute approximate surface area is 128 Å². The summed E-state index contributed by atoms with van der Waals surface area (Å²) in [7, 11) is 0. The molecular weight excluding hydrogens is 310 g/mol. The molecule has 1 amide bonds. The number of carbonyl (C=O) groups excluding carboxylic acids is 1. The van der Waals surface area contributed by atoms with Gasteiger partial charge in [0.05, 0.1) is 22.5 Å². The highest BCUT2D eigenvalue weighted by Crippen LogP contribution is 2.28. The number of amides is 1. The number of rotatable bonds is 5. The molecule has 0 bridgehead atoms. The highest BCUT2D eigenvalue weighted by molar-refractivity contribution is 8.00. The summed E-state index contributed by atoms with van der Waals surface area (Å²) in [6, 6.07) is 5.95. The van der Waals surface area contributed by atoms with E-state index in [4.69, 9.17) is 0 Å². The van der Waals surface area contributed by atoms with Crippen molar-refractivity contribution in [1.29, 1.82) is 0 Å². The van der Waals surface area contributed by atoms with Gasteiger partial charge in [-0.05, 0) is 22.9 Å². The lowest BCUT2D eigenvalue weighted by atomic mass is 10.4. The predicted molar refractivity (Wildman–Crippen MR) is 84.3 cm³/mol. The van der Waals surface area contributed by atoms with Crippen molar-refractivity contribution in [2.24, 2.45) is 0 Å². The molecule has 0 atom stereocenters. The van der Waals surface area contributed by atoms with Crippen molar-refractivity contribution >= 4 is 50.6 Å². The van der Waals surface area contributed by atoms with E-state index in [1.54, 1.807) is 29.0 Å². The van der Waals surface area contributed by atoms with E-state index in [1.165, 1.54) is 11.8 Å². The normalized spacial score (nSPS) is 10.8. The van der Waals surface area contributed by atoms with E-state index in [9.17, 15) is 4.79 Å². The van der Waals surface area contributed by atoms with Gasteiger partial charge < -0.3 is 5.32 Å². The Bertz CT molecular complexity index is 709. The van der Waals surface area contributed by atoms with E-state index in [-0.39, 0.29) is 5.91 Å². The molecule has 0 radical (unpaired) electrons. The van der Waals surface area contributed by atoms with E-state index in [0.29, 0.717) is 12.3 Å². The summed E-state index contributed by atoms with van der Waals surface area (Å²) in [6.07, 6.45) is 1.54. The van der Waals surface area contributed by atoms with E-state index < -0.39 is 0 Å². The molecule has 3 rings (SSSR count). The fourth-order valence-corrected chi connectivity index (χ4v) is 4.07. The molecule has 4 nitrogen and oxygen atoms in total. The number of aromatic nitrogens is 2. The van der Waals surface area contributed by atoms with Crippen LogP contribution in [0.4, 0.5) is 0 Å². The van der Waals surface area contributed by atoms with Gasteiger partial charge in [0.15, 0.2) is 0 Å². The topological polar surface area (TPSA) is 54.9 Å². The highest BCUT2D eigenvalue weighted by Gasteiger charge is 2.08. The summed E-state index contributed by atoms with van der Waals surface area (Å²) in [5.41, 5.74) is 0.937. The number of nitrogens with zero attached hydrogens (tertiary/aromatic N) is 2. The number of hydrogen-bond acceptors (Lipinski definition) is 6. The average Bonchev–Trinajstić information content (AvgIpc) is 3.13. The third kappa shape index (κ3) is 3.17. The molecule has 0 unspecified atom stereocenters. The van der Waals surface area contributed by atoms with Gasteiger partial charge in [0, 0.05) is 4.88 Å². The van der Waals surface area contributed by atoms with E-state index in [0.717, 1.165) is 20.1 Å². The maximum absolute atomic E-state index is 11.8. The number of hydrogen-bond donors (Lipinski definition) is 1. The summed E-state index contributed by atoms with van der Waals surface area (Å²) < 4.78 is 1.04. The second-order valence-corrected chi connectivity index (χ2v) is 6.87. The molecular formula is C13H11N3OS3. The molecule has 1 N–H and O–H groups in total. The van der Waals surface area contributed by atoms with Gasteiger partial charge in [-0.15, -0.1) is 22.7 Å². The van der Waals surface area contributed by atoms with Crippen LogP contribution in [0.15, 0.2) is 40.3 Å². The fourth-order valence-electron chi connectivity index (χ4n) is 1.65. The Morgan fingerprint density at radius 2 is 2.20 bits per heavy atom. The van der Waals surface area contributed by atoms with E-state index >= 15 is 0 Å². The van der Waals surface area contributed by atoms with Crippen molar-refractivity contribution in [3.05, 3.63) is 40.2 Å². The molecule has 3 aromatic rings. The van der Waals surface area contributed by atoms with Crippen molar-refractivity contribution in [1.82, 2.24) is 15.3 Å². The van der Waals surface area contributed by atoms with Crippen LogP contribution in [-0.4, -0.2) is 21.6 Å². The van der Waals surface area contributed by atoms with Gasteiger partial charge >= 0.3 is 0 Å². The van der Waals surface area contributed by atoms with Crippen LogP contribution in [0.25, 0.3) is 10.2 Å². The van der Waals surface area contributed by atoms with Crippen molar-refractivity contribution in [2.75, 3.05) is 5.75 Å². The van der Waals surface area contributed by atoms with Crippen LogP contribution >= 0.6 is 34.4 Å². The molecule has 0 aliphatic carbocycles. The van der Waals surface area contributed by atoms with Crippen LogP contribution < -0.4 is 5.32 Å². The van der Waals surface area contributed by atoms with E-state index in [2.05, 4.69) is 15.3 Å². The Morgan fingerprint density at radius 1 is 1.25 bits per heavy atom. The smallest absolute Gasteiger partial charge is 0.230 e. The number of carbonyl (C=O) groups is 1. The van der Waals surface area contributed by atoms with Gasteiger partial charge in [-0.3, -0.25) is 4.79 Å². The molecule has 0 saturated carbocycles. The molecule has 0 fully saturated rings. The molecule has 0 saturated heterocycles. The summed E-state index contributed by atoms with van der Waals surface area (Å²) >= 11 is 4.69. The fraction of sp³-hybridized carbons (Fsp3) is 0.154. The standard InChI is InChI=1S/C13H11N3OS3/c17-11(14-6-9-2-1-4-18-9)7-20-13-12-10(3-5-19-12)15-8-16-13/h1-5,8H,6-7H2,(H,14,17). The van der Waals surface area contributed by atoms with E-state index in [1.807, 2.05) is 29.0 Å². The summed E-state index contributed by atoms with van der Waals surface area (Å²) in [5, 5.41) is 7.77. The molecule has 3 heterocycles. The Kier molecular flexibility index (Phi) is 4.29. The molecule has 102 valence electrons. The lowest BCUT2D eigenvalue weighted by Gasteiger charge is -2.03. The minimum absolute atomic E-state index is 0.0201. The highest BCUT2D eigenvalue weighted by atomic mass is 32.2. The van der Waals surface area contributed by atoms with Crippen LogP contribution in [0.2, 0.25) is 0 Å². The summed E-state index contributed by atoms with van der Waals surface area (Å²) in [6.45, 7) is 0.593. The number of fused-ring (bicyclic) bond motifs is 1. The molecule has 7 heteroatoms. The zero-order valence-corrected chi connectivity index (χ0v) is 12.9. The first-order chi connectivity index (χ1) is 9.83. The Hall–Kier alpha value is -1.44. The number of thiophene rings is 2. The van der Waals surface area contributed by atoms with Crippen molar-refractivity contribution < 1.29 is 4.79 Å². The van der Waals surface area contributed by atoms with Crippen molar-refractivity contribution in [3.63, 3.8) is 0 Å². The zero-order chi connectivity index (χ0) is 13.8. The molecule has 0 aliphatic rings. The number of nitrogens with one attached hydrogen (secondary N) is 1. The van der Waals surface area contributed by atoms with Crippen molar-refractivity contribution in [3.8, 4) is 0 Å². The van der Waals surface area contributed by atoms with Gasteiger partial charge in [-0.1, -0.05) is 17.8 Å². The SMILES string of the molecule is O=C(CSc1ncnc2ccsc12)NCc1cccs1. The van der Waals surface area contributed by atoms with Gasteiger partial charge in [0.2, 0.25) is 5.91 Å². The van der Waals surface area contributed by atoms with Crippen molar-refractivity contribution in [2.45, 2.75) is 11.6 Å². The minimum atomic E-state index is 0.0201. The van der Waals surface area contributed by atoms with Crippen LogP contribution in [0.3, 0.4) is 0 Å². The molecule has 20 heavy (non-hydrogen) atoms. The summed E-state index contributed by atoms with van der Waals surface area (Å²) in [5.74, 6) is 0.391. The van der Waals surface area contributed by atoms with Gasteiger partial charge in [0.25, 0.3) is 0 Å². The maximum Gasteiger partial charge on any atom is 0.230 e. The van der Waals surface area contributed by atoms with Crippen LogP contribution in [0.1, 0.15) is 4.88 Å². The first kappa shape index (κ1) is 13.5.